The Hall–Kier alpha value is -0.0412. The third-order valence-electron chi connectivity index (χ3n) is 0. The predicted molar refractivity (Wildman–Crippen MR) is 16.1 cm³/mol. The molecule has 0 radical (unpaired) electrons. The zero-order chi connectivity index (χ0) is 0. The Morgan fingerprint density at radius 1 is 0.500 bits per heavy atom. The molecule has 0 aliphatic rings. The molecule has 0 saturated heterocycles. The number of halogens is 3. The molecule has 0 aromatic heterocycles. The molecule has 0 N–H and O–H groups in total. The van der Waals surface area contributed by atoms with E-state index in [0.29, 0.717) is 0 Å². The Kier molecular flexibility index (Phi) is 34200000. The van der Waals surface area contributed by atoms with Crippen LogP contribution in [0.5, 0.6) is 0 Å². The van der Waals surface area contributed by atoms with Gasteiger partial charge in [-0.2, -0.15) is 0 Å². The summed E-state index contributed by atoms with van der Waals surface area (Å²) in [4.78, 5) is 0. The summed E-state index contributed by atoms with van der Waals surface area (Å²) in [6.45, 7) is 0. The van der Waals surface area contributed by atoms with Crippen LogP contribution in [-0.2, 0) is 0 Å². The van der Waals surface area contributed by atoms with Crippen molar-refractivity contribution in [2.45, 2.75) is 0 Å². The normalized spacial score (nSPS) is 0. The van der Waals surface area contributed by atoms with Crippen LogP contribution in [0.15, 0.2) is 0 Å². The van der Waals surface area contributed by atoms with Crippen molar-refractivity contribution in [1.29, 1.82) is 0 Å². The van der Waals surface area contributed by atoms with Crippen LogP contribution in [0, 0.1) is 0 Å². The van der Waals surface area contributed by atoms with Gasteiger partial charge in [-0.3, -0.25) is 14.1 Å². The van der Waals surface area contributed by atoms with E-state index in [1.807, 2.05) is 0 Å². The maximum atomic E-state index is 0. The van der Waals surface area contributed by atoms with Gasteiger partial charge in [0.15, 0.2) is 0 Å². The molecule has 0 aromatic carbocycles. The first-order chi connectivity index (χ1) is 0. The van der Waals surface area contributed by atoms with Crippen molar-refractivity contribution >= 4 is 10.1 Å². The van der Waals surface area contributed by atoms with E-state index in [0.717, 1.165) is 0 Å². The summed E-state index contributed by atoms with van der Waals surface area (Å²) >= 11 is 0. The predicted octanol–water partition coefficient (Wildman–Crippen LogP) is -0.459. The Bertz CT molecular complexity index is 3.25. The summed E-state index contributed by atoms with van der Waals surface area (Å²) in [5.74, 6) is 0. The van der Waals surface area contributed by atoms with Crippen LogP contribution in [0.4, 0.5) is 14.1 Å². The summed E-state index contributed by atoms with van der Waals surface area (Å²) < 4.78 is 0. The zero-order valence-corrected chi connectivity index (χ0v) is 1.22. The van der Waals surface area contributed by atoms with E-state index >= 15 is 0 Å². The van der Waals surface area contributed by atoms with Crippen molar-refractivity contribution in [2.24, 2.45) is 0 Å². The van der Waals surface area contributed by atoms with E-state index in [4.69, 9.17) is 0 Å². The second kappa shape index (κ2) is 6700. The van der Waals surface area contributed by atoms with Gasteiger partial charge in [0, 0.05) is 0 Å². The third-order valence-corrected chi connectivity index (χ3v) is 0. The second-order valence-corrected chi connectivity index (χ2v) is 0. The van der Waals surface area contributed by atoms with E-state index in [2.05, 4.69) is 0 Å². The van der Waals surface area contributed by atoms with Gasteiger partial charge in [-0.15, -0.1) is 0 Å². The molecule has 0 amide bonds. The molecule has 0 aromatic rings. The molecule has 0 atom stereocenters. The molecular formula is H5BeF3. The molecule has 0 aliphatic heterocycles. The van der Waals surface area contributed by atoms with Gasteiger partial charge in [-0.1, -0.05) is 0 Å². The quantitative estimate of drug-likeness (QED) is 0.339. The van der Waals surface area contributed by atoms with Crippen molar-refractivity contribution in [1.82, 2.24) is 0 Å². The molecule has 0 unspecified atom stereocenters. The first kappa shape index (κ1) is 20400. The van der Waals surface area contributed by atoms with Gasteiger partial charge < -0.3 is 0 Å². The van der Waals surface area contributed by atoms with Crippen molar-refractivity contribution in [3.63, 3.8) is 0 Å². The van der Waals surface area contributed by atoms with Crippen molar-refractivity contribution in [2.75, 3.05) is 0 Å². The van der Waals surface area contributed by atoms with Gasteiger partial charge in [-0.05, 0) is 0 Å². The molecule has 0 bridgehead atoms. The van der Waals surface area contributed by atoms with Crippen LogP contribution < -0.4 is 0 Å². The van der Waals surface area contributed by atoms with E-state index in [-0.39, 0.29) is 24.2 Å². The third kappa shape index (κ3) is 1060. The van der Waals surface area contributed by atoms with E-state index in [1.54, 1.807) is 0 Å². The van der Waals surface area contributed by atoms with Crippen molar-refractivity contribution in [3.8, 4) is 0 Å². The topological polar surface area (TPSA) is 0 Å². The first-order valence-corrected chi connectivity index (χ1v) is 0. The van der Waals surface area contributed by atoms with Gasteiger partial charge in [0.05, 0.1) is 0 Å². The van der Waals surface area contributed by atoms with Gasteiger partial charge in [0.25, 0.3) is 0 Å². The fraction of sp³-hybridized carbons (Fsp3) is 0. The van der Waals surface area contributed by atoms with Crippen molar-refractivity contribution < 1.29 is 14.1 Å². The molecule has 0 fully saturated rings. The fourth-order valence-corrected chi connectivity index (χ4v) is 0. The number of rotatable bonds is 0. The molecule has 4 heavy (non-hydrogen) atoms. The van der Waals surface area contributed by atoms with Gasteiger partial charge in [0.2, 0.25) is 0 Å². The van der Waals surface area contributed by atoms with Crippen LogP contribution >= 0.6 is 0 Å². The molecule has 0 rings (SSSR count). The SMILES string of the molecule is F.F.F.[BeH2]. The first-order valence-electron chi connectivity index (χ1n) is 0. The zero-order valence-electron chi connectivity index (χ0n) is 1.22. The average molecular weight is 71.0 g/mol. The fourth-order valence-electron chi connectivity index (χ4n) is 0. The minimum absolute atomic E-state index is 0. The second-order valence-electron chi connectivity index (χ2n) is 0. The standard InChI is InChI=1S/Be.3FH.2H/h;3*1H;;. The summed E-state index contributed by atoms with van der Waals surface area (Å²) in [5.41, 5.74) is 0. The van der Waals surface area contributed by atoms with E-state index < -0.39 is 0 Å². The summed E-state index contributed by atoms with van der Waals surface area (Å²) in [7, 11) is 0. The van der Waals surface area contributed by atoms with Gasteiger partial charge >= 0.3 is 10.1 Å². The van der Waals surface area contributed by atoms with Gasteiger partial charge in [-0.25, -0.2) is 0 Å². The van der Waals surface area contributed by atoms with Gasteiger partial charge in [0.1, 0.15) is 0 Å². The van der Waals surface area contributed by atoms with Crippen LogP contribution in [0.1, 0.15) is 0 Å². The van der Waals surface area contributed by atoms with Crippen LogP contribution in [-0.4, -0.2) is 10.1 Å². The van der Waals surface area contributed by atoms with Crippen molar-refractivity contribution in [3.05, 3.63) is 0 Å². The van der Waals surface area contributed by atoms with Crippen LogP contribution in [0.3, 0.4) is 0 Å². The molecular weight excluding hydrogens is 66.0 g/mol. The Morgan fingerprint density at radius 2 is 0.500 bits per heavy atom. The van der Waals surface area contributed by atoms with Crippen LogP contribution in [0.2, 0.25) is 0 Å². The number of hydrogen-bond acceptors (Lipinski definition) is 0. The Labute approximate surface area is 25.5 Å². The summed E-state index contributed by atoms with van der Waals surface area (Å²) in [6.07, 6.45) is 0. The van der Waals surface area contributed by atoms with Crippen LogP contribution in [0.25, 0.3) is 0 Å². The number of hydrogen-bond donors (Lipinski definition) is 0. The minimum atomic E-state index is 0. The Morgan fingerprint density at radius 3 is 0.500 bits per heavy atom. The van der Waals surface area contributed by atoms with E-state index in [1.165, 1.54) is 0 Å². The molecule has 0 spiro atoms. The summed E-state index contributed by atoms with van der Waals surface area (Å²) in [5, 5.41) is 0. The average Bonchev–Trinajstić information content (AvgIpc) is 0. The van der Waals surface area contributed by atoms with E-state index in [9.17, 15) is 0 Å². The maximum absolute atomic E-state index is 0. The molecule has 28 valence electrons. The monoisotopic (exact) mass is 71.0 g/mol. The summed E-state index contributed by atoms with van der Waals surface area (Å²) in [6, 6.07) is 0. The molecule has 0 nitrogen and oxygen atoms in total. The molecule has 0 saturated carbocycles. The molecule has 4 heteroatoms. The molecule has 0 aliphatic carbocycles. The molecule has 0 heterocycles. The Balaban J connectivity index is 0.